The standard InChI is InChI=1S/C21H33BN2O5/c1-19(2,3)27-18(26)24-13-12-23-17(25)14-15-8-10-16(11-9-15)22-28-20(4,5)21(6,7)29-22/h8-11H,12-14H2,1-7H3,(H,23,25)(H,24,26). The fourth-order valence-corrected chi connectivity index (χ4v) is 2.70. The molecule has 1 aromatic carbocycles. The molecule has 0 aliphatic carbocycles. The van der Waals surface area contributed by atoms with Gasteiger partial charge in [0.05, 0.1) is 17.6 Å². The van der Waals surface area contributed by atoms with E-state index in [1.54, 1.807) is 20.8 Å². The Hall–Kier alpha value is -2.06. The van der Waals surface area contributed by atoms with Gasteiger partial charge in [0, 0.05) is 13.1 Å². The third-order valence-corrected chi connectivity index (χ3v) is 4.99. The summed E-state index contributed by atoms with van der Waals surface area (Å²) < 4.78 is 17.2. The molecule has 0 saturated carbocycles. The van der Waals surface area contributed by atoms with Crippen molar-refractivity contribution in [2.24, 2.45) is 0 Å². The van der Waals surface area contributed by atoms with Gasteiger partial charge in [-0.1, -0.05) is 24.3 Å². The maximum atomic E-state index is 12.1. The lowest BCUT2D eigenvalue weighted by atomic mass is 9.79. The number of carbonyl (C=O) groups excluding carboxylic acids is 2. The first-order valence-corrected chi connectivity index (χ1v) is 9.97. The van der Waals surface area contributed by atoms with Crippen LogP contribution in [0.15, 0.2) is 24.3 Å². The number of hydrogen-bond acceptors (Lipinski definition) is 5. The van der Waals surface area contributed by atoms with Crippen molar-refractivity contribution in [2.45, 2.75) is 71.7 Å². The van der Waals surface area contributed by atoms with Gasteiger partial charge in [0.25, 0.3) is 0 Å². The van der Waals surface area contributed by atoms with Crippen LogP contribution in [0.4, 0.5) is 4.79 Å². The number of ether oxygens (including phenoxy) is 1. The van der Waals surface area contributed by atoms with Crippen molar-refractivity contribution in [1.29, 1.82) is 0 Å². The van der Waals surface area contributed by atoms with Crippen molar-refractivity contribution >= 4 is 24.6 Å². The van der Waals surface area contributed by atoms with Crippen LogP contribution in [0.3, 0.4) is 0 Å². The Balaban J connectivity index is 1.76. The molecule has 1 fully saturated rings. The number of nitrogens with one attached hydrogen (secondary N) is 2. The second kappa shape index (κ2) is 8.75. The van der Waals surface area contributed by atoms with Crippen molar-refractivity contribution in [2.75, 3.05) is 13.1 Å². The molecule has 2 amide bonds. The predicted molar refractivity (Wildman–Crippen MR) is 113 cm³/mol. The topological polar surface area (TPSA) is 85.9 Å². The number of benzene rings is 1. The van der Waals surface area contributed by atoms with E-state index in [9.17, 15) is 9.59 Å². The summed E-state index contributed by atoms with van der Waals surface area (Å²) in [6.07, 6.45) is -0.235. The number of hydrogen-bond donors (Lipinski definition) is 2. The van der Waals surface area contributed by atoms with Crippen LogP contribution in [0, 0.1) is 0 Å². The highest BCUT2D eigenvalue weighted by Gasteiger charge is 2.51. The fraction of sp³-hybridized carbons (Fsp3) is 0.619. The van der Waals surface area contributed by atoms with Gasteiger partial charge in [-0.2, -0.15) is 0 Å². The molecule has 1 heterocycles. The zero-order chi connectivity index (χ0) is 21.9. The SMILES string of the molecule is CC(C)(C)OC(=O)NCCNC(=O)Cc1ccc(B2OC(C)(C)C(C)(C)O2)cc1. The molecule has 0 radical (unpaired) electrons. The molecule has 0 aromatic heterocycles. The molecule has 1 aliphatic heterocycles. The molecule has 2 N–H and O–H groups in total. The Kier molecular flexibility index (Phi) is 7.01. The molecule has 1 aliphatic rings. The van der Waals surface area contributed by atoms with E-state index in [2.05, 4.69) is 10.6 Å². The smallest absolute Gasteiger partial charge is 0.444 e. The molecule has 8 heteroatoms. The summed E-state index contributed by atoms with van der Waals surface area (Å²) in [5.41, 5.74) is 0.504. The second-order valence-electron chi connectivity index (χ2n) is 9.29. The van der Waals surface area contributed by atoms with Crippen LogP contribution >= 0.6 is 0 Å². The zero-order valence-corrected chi connectivity index (χ0v) is 18.5. The van der Waals surface area contributed by atoms with E-state index in [1.807, 2.05) is 52.0 Å². The summed E-state index contributed by atoms with van der Waals surface area (Å²) in [6, 6.07) is 7.65. The molecule has 0 bridgehead atoms. The number of amides is 2. The molecule has 2 rings (SSSR count). The largest absolute Gasteiger partial charge is 0.494 e. The number of carbonyl (C=O) groups is 2. The molecule has 1 aromatic rings. The molecule has 7 nitrogen and oxygen atoms in total. The maximum Gasteiger partial charge on any atom is 0.494 e. The predicted octanol–water partition coefficient (Wildman–Crippen LogP) is 2.17. The Morgan fingerprint density at radius 2 is 1.48 bits per heavy atom. The van der Waals surface area contributed by atoms with Crippen LogP contribution in [-0.2, 0) is 25.3 Å². The summed E-state index contributed by atoms with van der Waals surface area (Å²) in [4.78, 5) is 23.6. The maximum absolute atomic E-state index is 12.1. The van der Waals surface area contributed by atoms with Crippen molar-refractivity contribution in [3.05, 3.63) is 29.8 Å². The molecule has 29 heavy (non-hydrogen) atoms. The highest BCUT2D eigenvalue weighted by Crippen LogP contribution is 2.36. The molecule has 1 saturated heterocycles. The summed E-state index contributed by atoms with van der Waals surface area (Å²) in [7, 11) is -0.415. The van der Waals surface area contributed by atoms with Crippen LogP contribution in [0.25, 0.3) is 0 Å². The highest BCUT2D eigenvalue weighted by atomic mass is 16.7. The third-order valence-electron chi connectivity index (χ3n) is 4.99. The van der Waals surface area contributed by atoms with Crippen LogP contribution < -0.4 is 16.1 Å². The van der Waals surface area contributed by atoms with E-state index in [1.165, 1.54) is 0 Å². The van der Waals surface area contributed by atoms with E-state index in [-0.39, 0.29) is 23.5 Å². The van der Waals surface area contributed by atoms with Gasteiger partial charge in [-0.05, 0) is 59.5 Å². The van der Waals surface area contributed by atoms with Gasteiger partial charge < -0.3 is 24.7 Å². The van der Waals surface area contributed by atoms with Gasteiger partial charge in [0.15, 0.2) is 0 Å². The first kappa shape index (κ1) is 23.2. The van der Waals surface area contributed by atoms with Gasteiger partial charge >= 0.3 is 13.2 Å². The van der Waals surface area contributed by atoms with Gasteiger partial charge in [-0.3, -0.25) is 4.79 Å². The first-order chi connectivity index (χ1) is 13.3. The Labute approximate surface area is 174 Å². The van der Waals surface area contributed by atoms with E-state index in [4.69, 9.17) is 14.0 Å². The summed E-state index contributed by atoms with van der Waals surface area (Å²) in [5.74, 6) is -0.112. The molecule has 160 valence electrons. The van der Waals surface area contributed by atoms with Crippen molar-refractivity contribution in [3.8, 4) is 0 Å². The summed E-state index contributed by atoms with van der Waals surface area (Å²) in [6.45, 7) is 14.1. The van der Waals surface area contributed by atoms with E-state index < -0.39 is 18.8 Å². The minimum atomic E-state index is -0.542. The van der Waals surface area contributed by atoms with Gasteiger partial charge in [0.2, 0.25) is 5.91 Å². The van der Waals surface area contributed by atoms with Crippen molar-refractivity contribution in [3.63, 3.8) is 0 Å². The molecule has 0 atom stereocenters. The Bertz CT molecular complexity index is 710. The lowest BCUT2D eigenvalue weighted by Crippen LogP contribution is -2.41. The van der Waals surface area contributed by atoms with E-state index in [0.717, 1.165) is 11.0 Å². The summed E-state index contributed by atoms with van der Waals surface area (Å²) in [5, 5.41) is 5.39. The summed E-state index contributed by atoms with van der Waals surface area (Å²) >= 11 is 0. The Morgan fingerprint density at radius 3 is 2.00 bits per heavy atom. The normalized spacial score (nSPS) is 17.7. The van der Waals surface area contributed by atoms with E-state index >= 15 is 0 Å². The molecule has 0 unspecified atom stereocenters. The fourth-order valence-electron chi connectivity index (χ4n) is 2.70. The van der Waals surface area contributed by atoms with Crippen LogP contribution in [-0.4, -0.2) is 49.0 Å². The van der Waals surface area contributed by atoms with Crippen LogP contribution in [0.2, 0.25) is 0 Å². The molecule has 0 spiro atoms. The van der Waals surface area contributed by atoms with Crippen molar-refractivity contribution < 1.29 is 23.6 Å². The molecular formula is C21H33BN2O5. The lowest BCUT2D eigenvalue weighted by molar-refractivity contribution is -0.120. The van der Waals surface area contributed by atoms with Crippen molar-refractivity contribution in [1.82, 2.24) is 10.6 Å². The lowest BCUT2D eigenvalue weighted by Gasteiger charge is -2.32. The minimum absolute atomic E-state index is 0.112. The minimum Gasteiger partial charge on any atom is -0.444 e. The van der Waals surface area contributed by atoms with Crippen LogP contribution in [0.1, 0.15) is 54.0 Å². The highest BCUT2D eigenvalue weighted by molar-refractivity contribution is 6.62. The first-order valence-electron chi connectivity index (χ1n) is 9.97. The average molecular weight is 404 g/mol. The number of rotatable bonds is 6. The monoisotopic (exact) mass is 404 g/mol. The van der Waals surface area contributed by atoms with Gasteiger partial charge in [0.1, 0.15) is 5.60 Å². The van der Waals surface area contributed by atoms with E-state index in [0.29, 0.717) is 13.1 Å². The van der Waals surface area contributed by atoms with Gasteiger partial charge in [-0.15, -0.1) is 0 Å². The second-order valence-corrected chi connectivity index (χ2v) is 9.29. The number of alkyl carbamates (subject to hydrolysis) is 1. The third kappa shape index (κ3) is 6.75. The van der Waals surface area contributed by atoms with Crippen LogP contribution in [0.5, 0.6) is 0 Å². The zero-order valence-electron chi connectivity index (χ0n) is 18.5. The van der Waals surface area contributed by atoms with Gasteiger partial charge in [-0.25, -0.2) is 4.79 Å². The quantitative estimate of drug-likeness (QED) is 0.561. The average Bonchev–Trinajstić information content (AvgIpc) is 2.78. The molecular weight excluding hydrogens is 371 g/mol. The Morgan fingerprint density at radius 1 is 0.966 bits per heavy atom.